The third kappa shape index (κ3) is 3.99. The van der Waals surface area contributed by atoms with E-state index >= 15 is 0 Å². The molecule has 5 rings (SSSR count). The van der Waals surface area contributed by atoms with E-state index in [1.54, 1.807) is 0 Å². The molecule has 1 aromatic heterocycles. The number of hydrogen-bond donors (Lipinski definition) is 1. The largest absolute Gasteiger partial charge is 0.444 e. The molecule has 152 valence electrons. The van der Waals surface area contributed by atoms with Crippen LogP contribution in [0.5, 0.6) is 0 Å². The van der Waals surface area contributed by atoms with E-state index in [2.05, 4.69) is 10.3 Å². The van der Waals surface area contributed by atoms with Gasteiger partial charge < -0.3 is 14.6 Å². The zero-order valence-corrected chi connectivity index (χ0v) is 16.6. The first kappa shape index (κ1) is 18.6. The molecule has 2 heterocycles. The molecule has 2 aliphatic rings. The minimum atomic E-state index is -0.0463. The minimum Gasteiger partial charge on any atom is -0.444 e. The maximum atomic E-state index is 12.6. The van der Waals surface area contributed by atoms with Gasteiger partial charge in [-0.3, -0.25) is 9.59 Å². The van der Waals surface area contributed by atoms with Crippen molar-refractivity contribution in [3.8, 4) is 11.5 Å². The summed E-state index contributed by atoms with van der Waals surface area (Å²) in [7, 11) is 0. The van der Waals surface area contributed by atoms with E-state index in [0.29, 0.717) is 36.4 Å². The normalized spacial score (nSPS) is 19.4. The van der Waals surface area contributed by atoms with Gasteiger partial charge in [0.1, 0.15) is 6.26 Å². The van der Waals surface area contributed by atoms with Crippen LogP contribution in [0.2, 0.25) is 0 Å². The number of amides is 2. The number of rotatable bonds is 6. The van der Waals surface area contributed by atoms with E-state index in [0.717, 1.165) is 29.8 Å². The predicted molar refractivity (Wildman–Crippen MR) is 111 cm³/mol. The highest BCUT2D eigenvalue weighted by atomic mass is 16.3. The van der Waals surface area contributed by atoms with Crippen LogP contribution in [-0.2, 0) is 17.8 Å². The van der Waals surface area contributed by atoms with Crippen LogP contribution >= 0.6 is 0 Å². The monoisotopic (exact) mass is 401 g/mol. The molecule has 1 aliphatic carbocycles. The van der Waals surface area contributed by atoms with Gasteiger partial charge in [0, 0.05) is 25.2 Å². The third-order valence-electron chi connectivity index (χ3n) is 5.89. The highest BCUT2D eigenvalue weighted by Crippen LogP contribution is 2.45. The van der Waals surface area contributed by atoms with Crippen LogP contribution in [-0.4, -0.2) is 34.8 Å². The minimum absolute atomic E-state index is 0.0133. The first-order valence-electron chi connectivity index (χ1n) is 10.3. The average Bonchev–Trinajstić information content (AvgIpc) is 3.17. The molecule has 0 radical (unpaired) electrons. The Morgan fingerprint density at radius 1 is 1.00 bits per heavy atom. The second-order valence-electron chi connectivity index (χ2n) is 8.14. The molecule has 1 N–H and O–H groups in total. The number of hydrogen-bond acceptors (Lipinski definition) is 4. The summed E-state index contributed by atoms with van der Waals surface area (Å²) in [4.78, 5) is 30.9. The van der Waals surface area contributed by atoms with Crippen molar-refractivity contribution in [3.05, 3.63) is 77.7 Å². The van der Waals surface area contributed by atoms with E-state index in [-0.39, 0.29) is 11.8 Å². The van der Waals surface area contributed by atoms with E-state index in [1.165, 1.54) is 12.7 Å². The lowest BCUT2D eigenvalue weighted by atomic mass is 10.1. The highest BCUT2D eigenvalue weighted by molar-refractivity contribution is 5.92. The van der Waals surface area contributed by atoms with Crippen LogP contribution in [0.3, 0.4) is 0 Å². The van der Waals surface area contributed by atoms with Crippen molar-refractivity contribution < 1.29 is 14.0 Å². The van der Waals surface area contributed by atoms with Gasteiger partial charge in [0.15, 0.2) is 5.69 Å². The molecule has 2 amide bonds. The number of fused-ring (bicyclic) bond motifs is 1. The summed E-state index contributed by atoms with van der Waals surface area (Å²) < 4.78 is 5.55. The van der Waals surface area contributed by atoms with Gasteiger partial charge in [0.05, 0.1) is 6.42 Å². The first-order valence-corrected chi connectivity index (χ1v) is 10.3. The standard InChI is InChI=1S/C24H23N3O3/c28-22(10-16-4-2-1-3-5-16)25-12-17-6-8-18(9-7-17)23-26-21(15-30-23)24(29)27-13-19-11-20(19)14-27/h1-9,15,19-20H,10-14H2,(H,25,28). The summed E-state index contributed by atoms with van der Waals surface area (Å²) in [6.07, 6.45) is 3.07. The smallest absolute Gasteiger partial charge is 0.275 e. The van der Waals surface area contributed by atoms with Gasteiger partial charge in [-0.25, -0.2) is 4.98 Å². The van der Waals surface area contributed by atoms with Crippen LogP contribution in [0, 0.1) is 11.8 Å². The molecule has 2 unspecified atom stereocenters. The summed E-state index contributed by atoms with van der Waals surface area (Å²) in [5.41, 5.74) is 3.14. The molecule has 3 aromatic rings. The van der Waals surface area contributed by atoms with Crippen molar-refractivity contribution >= 4 is 11.8 Å². The molecule has 2 aromatic carbocycles. The van der Waals surface area contributed by atoms with Gasteiger partial charge in [0.2, 0.25) is 11.8 Å². The molecule has 1 saturated heterocycles. The number of likely N-dealkylation sites (tertiary alicyclic amines) is 1. The molecule has 30 heavy (non-hydrogen) atoms. The van der Waals surface area contributed by atoms with Crippen molar-refractivity contribution in [1.29, 1.82) is 0 Å². The van der Waals surface area contributed by atoms with Crippen LogP contribution < -0.4 is 5.32 Å². The van der Waals surface area contributed by atoms with E-state index < -0.39 is 0 Å². The van der Waals surface area contributed by atoms with Gasteiger partial charge in [-0.1, -0.05) is 42.5 Å². The molecule has 2 fully saturated rings. The number of carbonyl (C=O) groups is 2. The van der Waals surface area contributed by atoms with Gasteiger partial charge >= 0.3 is 0 Å². The van der Waals surface area contributed by atoms with Gasteiger partial charge in [-0.15, -0.1) is 0 Å². The van der Waals surface area contributed by atoms with Crippen molar-refractivity contribution in [2.24, 2.45) is 11.8 Å². The first-order chi connectivity index (χ1) is 14.7. The average molecular weight is 401 g/mol. The Balaban J connectivity index is 1.16. The van der Waals surface area contributed by atoms with Gasteiger partial charge in [-0.2, -0.15) is 0 Å². The topological polar surface area (TPSA) is 75.4 Å². The lowest BCUT2D eigenvalue weighted by Gasteiger charge is -2.15. The maximum absolute atomic E-state index is 12.6. The third-order valence-corrected chi connectivity index (χ3v) is 5.89. The number of aromatic nitrogens is 1. The summed E-state index contributed by atoms with van der Waals surface area (Å²) >= 11 is 0. The molecule has 6 heteroatoms. The fourth-order valence-electron chi connectivity index (χ4n) is 4.04. The second-order valence-corrected chi connectivity index (χ2v) is 8.14. The van der Waals surface area contributed by atoms with Crippen LogP contribution in [0.25, 0.3) is 11.5 Å². The molecular formula is C24H23N3O3. The zero-order chi connectivity index (χ0) is 20.5. The van der Waals surface area contributed by atoms with Crippen LogP contribution in [0.4, 0.5) is 0 Å². The molecule has 6 nitrogen and oxygen atoms in total. The zero-order valence-electron chi connectivity index (χ0n) is 16.6. The van der Waals surface area contributed by atoms with Crippen molar-refractivity contribution in [1.82, 2.24) is 15.2 Å². The van der Waals surface area contributed by atoms with E-state index in [9.17, 15) is 9.59 Å². The van der Waals surface area contributed by atoms with E-state index in [1.807, 2.05) is 59.5 Å². The number of oxazole rings is 1. The van der Waals surface area contributed by atoms with Gasteiger partial charge in [0.25, 0.3) is 5.91 Å². The molecule has 0 spiro atoms. The predicted octanol–water partition coefficient (Wildman–Crippen LogP) is 3.29. The van der Waals surface area contributed by atoms with Crippen molar-refractivity contribution in [3.63, 3.8) is 0 Å². The Morgan fingerprint density at radius 2 is 1.73 bits per heavy atom. The SMILES string of the molecule is O=C(Cc1ccccc1)NCc1ccc(-c2nc(C(=O)N3CC4CC4C3)co2)cc1. The lowest BCUT2D eigenvalue weighted by molar-refractivity contribution is -0.120. The lowest BCUT2D eigenvalue weighted by Crippen LogP contribution is -2.30. The Labute approximate surface area is 174 Å². The number of nitrogens with one attached hydrogen (secondary N) is 1. The number of benzene rings is 2. The fraction of sp³-hybridized carbons (Fsp3) is 0.292. The summed E-state index contributed by atoms with van der Waals surface area (Å²) in [5.74, 6) is 1.76. The fourth-order valence-corrected chi connectivity index (χ4v) is 4.04. The summed E-state index contributed by atoms with van der Waals surface area (Å²) in [6.45, 7) is 2.14. The molecular weight excluding hydrogens is 378 g/mol. The second kappa shape index (κ2) is 7.78. The van der Waals surface area contributed by atoms with Crippen LogP contribution in [0.15, 0.2) is 65.3 Å². The number of carbonyl (C=O) groups excluding carboxylic acids is 2. The Morgan fingerprint density at radius 3 is 2.47 bits per heavy atom. The molecule has 1 aliphatic heterocycles. The van der Waals surface area contributed by atoms with E-state index in [4.69, 9.17) is 4.42 Å². The molecule has 1 saturated carbocycles. The Hall–Kier alpha value is -3.41. The number of piperidine rings is 1. The molecule has 0 bridgehead atoms. The quantitative estimate of drug-likeness (QED) is 0.688. The Kier molecular flexibility index (Phi) is 4.83. The Bertz CT molecular complexity index is 1050. The summed E-state index contributed by atoms with van der Waals surface area (Å²) in [6, 6.07) is 17.3. The van der Waals surface area contributed by atoms with Crippen LogP contribution in [0.1, 0.15) is 28.0 Å². The summed E-state index contributed by atoms with van der Waals surface area (Å²) in [5, 5.41) is 2.94. The van der Waals surface area contributed by atoms with Crippen molar-refractivity contribution in [2.45, 2.75) is 19.4 Å². The van der Waals surface area contributed by atoms with Gasteiger partial charge in [-0.05, 0) is 41.5 Å². The number of nitrogens with zero attached hydrogens (tertiary/aromatic N) is 2. The molecule has 2 atom stereocenters. The maximum Gasteiger partial charge on any atom is 0.275 e. The highest BCUT2D eigenvalue weighted by Gasteiger charge is 2.47. The van der Waals surface area contributed by atoms with Crippen molar-refractivity contribution in [2.75, 3.05) is 13.1 Å².